The van der Waals surface area contributed by atoms with Gasteiger partial charge in [-0.25, -0.2) is 0 Å². The van der Waals surface area contributed by atoms with Crippen LogP contribution in [0.25, 0.3) is 0 Å². The third kappa shape index (κ3) is 3.95. The molecule has 0 bridgehead atoms. The van der Waals surface area contributed by atoms with Gasteiger partial charge < -0.3 is 5.73 Å². The normalized spacial score (nSPS) is 15.2. The third-order valence-corrected chi connectivity index (χ3v) is 1.94. The molecule has 0 saturated carbocycles. The SMILES string of the molecule is CC(C)C(CCCN)C(F)(F)F. The first-order chi connectivity index (χ1) is 5.39. The molecule has 0 aliphatic carbocycles. The molecule has 0 fully saturated rings. The van der Waals surface area contributed by atoms with Gasteiger partial charge in [-0.15, -0.1) is 0 Å². The van der Waals surface area contributed by atoms with Crippen molar-refractivity contribution in [1.82, 2.24) is 0 Å². The van der Waals surface area contributed by atoms with Gasteiger partial charge in [0, 0.05) is 0 Å². The maximum absolute atomic E-state index is 12.3. The first-order valence-electron chi connectivity index (χ1n) is 4.16. The molecule has 0 aromatic heterocycles. The van der Waals surface area contributed by atoms with E-state index < -0.39 is 12.1 Å². The first kappa shape index (κ1) is 11.8. The van der Waals surface area contributed by atoms with Crippen molar-refractivity contribution in [2.75, 3.05) is 6.54 Å². The van der Waals surface area contributed by atoms with Crippen LogP contribution in [0.15, 0.2) is 0 Å². The van der Waals surface area contributed by atoms with Crippen molar-refractivity contribution in [1.29, 1.82) is 0 Å². The van der Waals surface area contributed by atoms with Gasteiger partial charge in [0.2, 0.25) is 0 Å². The van der Waals surface area contributed by atoms with Crippen LogP contribution in [0.4, 0.5) is 13.2 Å². The smallest absolute Gasteiger partial charge is 0.330 e. The zero-order valence-corrected chi connectivity index (χ0v) is 7.49. The molecule has 0 saturated heterocycles. The van der Waals surface area contributed by atoms with Crippen molar-refractivity contribution in [3.63, 3.8) is 0 Å². The largest absolute Gasteiger partial charge is 0.392 e. The molecule has 0 aromatic carbocycles. The highest BCUT2D eigenvalue weighted by atomic mass is 19.4. The quantitative estimate of drug-likeness (QED) is 0.712. The van der Waals surface area contributed by atoms with Crippen LogP contribution in [-0.2, 0) is 0 Å². The lowest BCUT2D eigenvalue weighted by Crippen LogP contribution is -2.28. The molecule has 74 valence electrons. The molecular weight excluding hydrogens is 167 g/mol. The van der Waals surface area contributed by atoms with Crippen LogP contribution >= 0.6 is 0 Å². The molecule has 1 atom stereocenters. The van der Waals surface area contributed by atoms with Crippen LogP contribution in [0.2, 0.25) is 0 Å². The summed E-state index contributed by atoms with van der Waals surface area (Å²) in [6.45, 7) is 3.52. The second-order valence-corrected chi connectivity index (χ2v) is 3.32. The summed E-state index contributed by atoms with van der Waals surface area (Å²) in [4.78, 5) is 0. The molecule has 0 radical (unpaired) electrons. The summed E-state index contributed by atoms with van der Waals surface area (Å²) in [6.07, 6.45) is -3.47. The van der Waals surface area contributed by atoms with E-state index in [9.17, 15) is 13.2 Å². The summed E-state index contributed by atoms with van der Waals surface area (Å²) in [7, 11) is 0. The fourth-order valence-corrected chi connectivity index (χ4v) is 1.21. The summed E-state index contributed by atoms with van der Waals surface area (Å²) in [5, 5.41) is 0. The molecule has 4 heteroatoms. The number of alkyl halides is 3. The second kappa shape index (κ2) is 4.70. The predicted molar refractivity (Wildman–Crippen MR) is 42.7 cm³/mol. The van der Waals surface area contributed by atoms with Gasteiger partial charge >= 0.3 is 6.18 Å². The van der Waals surface area contributed by atoms with Gasteiger partial charge in [-0.3, -0.25) is 0 Å². The molecule has 1 nitrogen and oxygen atoms in total. The Morgan fingerprint density at radius 1 is 1.25 bits per heavy atom. The lowest BCUT2D eigenvalue weighted by atomic mass is 9.91. The molecule has 1 unspecified atom stereocenters. The Morgan fingerprint density at radius 3 is 2.00 bits per heavy atom. The Hall–Kier alpha value is -0.250. The molecule has 12 heavy (non-hydrogen) atoms. The Labute approximate surface area is 71.1 Å². The van der Waals surface area contributed by atoms with Crippen molar-refractivity contribution in [3.05, 3.63) is 0 Å². The van der Waals surface area contributed by atoms with Gasteiger partial charge in [-0.2, -0.15) is 13.2 Å². The summed E-state index contributed by atoms with van der Waals surface area (Å²) in [5.74, 6) is -1.54. The fourth-order valence-electron chi connectivity index (χ4n) is 1.21. The molecule has 0 aromatic rings. The monoisotopic (exact) mass is 183 g/mol. The number of hydrogen-bond acceptors (Lipinski definition) is 1. The van der Waals surface area contributed by atoms with E-state index >= 15 is 0 Å². The van der Waals surface area contributed by atoms with Crippen LogP contribution in [-0.4, -0.2) is 12.7 Å². The van der Waals surface area contributed by atoms with Crippen molar-refractivity contribution < 1.29 is 13.2 Å². The van der Waals surface area contributed by atoms with Gasteiger partial charge in [0.05, 0.1) is 5.92 Å². The molecule has 0 spiro atoms. The minimum atomic E-state index is -4.07. The maximum atomic E-state index is 12.3. The van der Waals surface area contributed by atoms with Crippen LogP contribution in [0, 0.1) is 11.8 Å². The minimum absolute atomic E-state index is 0.150. The molecular formula is C8H16F3N. The lowest BCUT2D eigenvalue weighted by Gasteiger charge is -2.23. The Bertz CT molecular complexity index is 120. The highest BCUT2D eigenvalue weighted by Gasteiger charge is 2.40. The van der Waals surface area contributed by atoms with Gasteiger partial charge in [-0.05, 0) is 25.3 Å². The fraction of sp³-hybridized carbons (Fsp3) is 1.00. The average molecular weight is 183 g/mol. The van der Waals surface area contributed by atoms with Crippen LogP contribution in [0.1, 0.15) is 26.7 Å². The van der Waals surface area contributed by atoms with Crippen LogP contribution in [0.5, 0.6) is 0 Å². The summed E-state index contributed by atoms with van der Waals surface area (Å²) in [5.41, 5.74) is 5.15. The molecule has 0 amide bonds. The van der Waals surface area contributed by atoms with Crippen LogP contribution in [0.3, 0.4) is 0 Å². The van der Waals surface area contributed by atoms with E-state index in [1.54, 1.807) is 13.8 Å². The number of halogens is 3. The van der Waals surface area contributed by atoms with Crippen LogP contribution < -0.4 is 5.73 Å². The zero-order valence-electron chi connectivity index (χ0n) is 7.49. The zero-order chi connectivity index (χ0) is 9.78. The van der Waals surface area contributed by atoms with E-state index in [4.69, 9.17) is 5.73 Å². The Balaban J connectivity index is 4.05. The van der Waals surface area contributed by atoms with Crippen molar-refractivity contribution >= 4 is 0 Å². The van der Waals surface area contributed by atoms with Crippen molar-refractivity contribution in [2.45, 2.75) is 32.9 Å². The maximum Gasteiger partial charge on any atom is 0.392 e. The second-order valence-electron chi connectivity index (χ2n) is 3.32. The molecule has 0 aliphatic heterocycles. The predicted octanol–water partition coefficient (Wildman–Crippen LogP) is 2.56. The highest BCUT2D eigenvalue weighted by molar-refractivity contribution is 4.70. The average Bonchev–Trinajstić information content (AvgIpc) is 1.84. The topological polar surface area (TPSA) is 26.0 Å². The van der Waals surface area contributed by atoms with E-state index in [0.717, 1.165) is 0 Å². The van der Waals surface area contributed by atoms with E-state index in [2.05, 4.69) is 0 Å². The van der Waals surface area contributed by atoms with E-state index in [0.29, 0.717) is 13.0 Å². The van der Waals surface area contributed by atoms with E-state index in [1.165, 1.54) is 0 Å². The molecule has 0 aliphatic rings. The number of nitrogens with two attached hydrogens (primary N) is 1. The van der Waals surface area contributed by atoms with E-state index in [1.807, 2.05) is 0 Å². The lowest BCUT2D eigenvalue weighted by molar-refractivity contribution is -0.187. The van der Waals surface area contributed by atoms with Gasteiger partial charge in [0.25, 0.3) is 0 Å². The minimum Gasteiger partial charge on any atom is -0.330 e. The van der Waals surface area contributed by atoms with E-state index in [-0.39, 0.29) is 12.3 Å². The molecule has 0 heterocycles. The molecule has 2 N–H and O–H groups in total. The summed E-state index contributed by atoms with van der Waals surface area (Å²) in [6, 6.07) is 0. The summed E-state index contributed by atoms with van der Waals surface area (Å²) >= 11 is 0. The first-order valence-corrected chi connectivity index (χ1v) is 4.16. The third-order valence-electron chi connectivity index (χ3n) is 1.94. The standard InChI is InChI=1S/C8H16F3N/c1-6(2)7(4-3-5-12)8(9,10)11/h6-7H,3-5,12H2,1-2H3. The van der Waals surface area contributed by atoms with Crippen molar-refractivity contribution in [2.24, 2.45) is 17.6 Å². The Kier molecular flexibility index (Phi) is 4.60. The van der Waals surface area contributed by atoms with Gasteiger partial charge in [0.15, 0.2) is 0 Å². The Morgan fingerprint density at radius 2 is 1.75 bits per heavy atom. The highest BCUT2D eigenvalue weighted by Crippen LogP contribution is 2.34. The van der Waals surface area contributed by atoms with Crippen molar-refractivity contribution in [3.8, 4) is 0 Å². The number of rotatable bonds is 4. The van der Waals surface area contributed by atoms with Gasteiger partial charge in [0.1, 0.15) is 0 Å². The summed E-state index contributed by atoms with van der Waals surface area (Å²) < 4.78 is 36.8. The number of hydrogen-bond donors (Lipinski definition) is 1. The van der Waals surface area contributed by atoms with Gasteiger partial charge in [-0.1, -0.05) is 13.8 Å². The molecule has 0 rings (SSSR count).